The summed E-state index contributed by atoms with van der Waals surface area (Å²) in [5.41, 5.74) is 1.04. The monoisotopic (exact) mass is 331 g/mol. The quantitative estimate of drug-likeness (QED) is 0.922. The Morgan fingerprint density at radius 2 is 1.95 bits per heavy atom. The van der Waals surface area contributed by atoms with Crippen molar-refractivity contribution >= 4 is 21.4 Å². The fourth-order valence-corrected chi connectivity index (χ4v) is 6.05. The first-order valence-corrected chi connectivity index (χ1v) is 9.67. The van der Waals surface area contributed by atoms with Crippen LogP contribution in [0, 0.1) is 12.3 Å². The van der Waals surface area contributed by atoms with Gasteiger partial charge in [-0.3, -0.25) is 0 Å². The molecule has 1 aliphatic rings. The molecule has 0 unspecified atom stereocenters. The highest BCUT2D eigenvalue weighted by atomic mass is 32.2. The Balaban J connectivity index is 2.25. The van der Waals surface area contributed by atoms with Crippen molar-refractivity contribution in [2.75, 3.05) is 7.05 Å². The Morgan fingerprint density at radius 3 is 2.48 bits per heavy atom. The van der Waals surface area contributed by atoms with Gasteiger partial charge in [0.15, 0.2) is 0 Å². The van der Waals surface area contributed by atoms with E-state index < -0.39 is 10.0 Å². The molecule has 120 valence electrons. The van der Waals surface area contributed by atoms with Crippen molar-refractivity contribution in [2.45, 2.75) is 64.0 Å². The fourth-order valence-electron chi connectivity index (χ4n) is 3.03. The molecule has 2 rings (SSSR count). The zero-order valence-electron chi connectivity index (χ0n) is 13.2. The van der Waals surface area contributed by atoms with E-state index in [9.17, 15) is 13.5 Å². The molecule has 21 heavy (non-hydrogen) atoms. The molecule has 0 aliphatic heterocycles. The molecule has 0 spiro atoms. The van der Waals surface area contributed by atoms with Gasteiger partial charge in [0.1, 0.15) is 4.90 Å². The van der Waals surface area contributed by atoms with Crippen LogP contribution in [0.1, 0.15) is 50.0 Å². The first kappa shape index (κ1) is 16.9. The van der Waals surface area contributed by atoms with Crippen LogP contribution < -0.4 is 0 Å². The lowest BCUT2D eigenvalue weighted by Gasteiger charge is -2.38. The molecule has 1 aromatic heterocycles. The number of sulfonamides is 1. The smallest absolute Gasteiger partial charge is 0.244 e. The Kier molecular flexibility index (Phi) is 4.83. The molecule has 0 saturated heterocycles. The van der Waals surface area contributed by atoms with Crippen LogP contribution in [-0.2, 0) is 16.6 Å². The van der Waals surface area contributed by atoms with Gasteiger partial charge in [-0.05, 0) is 49.0 Å². The molecular weight excluding hydrogens is 306 g/mol. The average molecular weight is 332 g/mol. The van der Waals surface area contributed by atoms with Gasteiger partial charge in [0, 0.05) is 13.1 Å². The minimum Gasteiger partial charge on any atom is -0.391 e. The van der Waals surface area contributed by atoms with Crippen molar-refractivity contribution in [3.8, 4) is 0 Å². The Morgan fingerprint density at radius 1 is 1.38 bits per heavy atom. The minimum absolute atomic E-state index is 0.0638. The number of hydrogen-bond donors (Lipinski definition) is 1. The Labute approximate surface area is 131 Å². The summed E-state index contributed by atoms with van der Waals surface area (Å²) < 4.78 is 27.3. The molecule has 1 N–H and O–H groups in total. The SMILES string of the molecule is Cc1csc(CO)c1S(=O)(=O)N(C)C1CCC(C)(C)CC1. The van der Waals surface area contributed by atoms with Gasteiger partial charge in [0.25, 0.3) is 0 Å². The molecule has 0 bridgehead atoms. The molecular formula is C15H25NO3S2. The van der Waals surface area contributed by atoms with Crippen molar-refractivity contribution < 1.29 is 13.5 Å². The zero-order chi connectivity index (χ0) is 15.8. The number of hydrogen-bond acceptors (Lipinski definition) is 4. The van der Waals surface area contributed by atoms with E-state index in [-0.39, 0.29) is 12.6 Å². The highest BCUT2D eigenvalue weighted by molar-refractivity contribution is 7.89. The maximum atomic E-state index is 12.9. The van der Waals surface area contributed by atoms with Crippen molar-refractivity contribution in [3.63, 3.8) is 0 Å². The summed E-state index contributed by atoms with van der Waals surface area (Å²) in [6.45, 7) is 6.05. The average Bonchev–Trinajstić information content (AvgIpc) is 2.79. The predicted octanol–water partition coefficient (Wildman–Crippen LogP) is 3.14. The molecule has 1 aromatic rings. The highest BCUT2D eigenvalue weighted by Crippen LogP contribution is 2.39. The second-order valence-electron chi connectivity index (χ2n) is 6.75. The number of aliphatic hydroxyl groups excluding tert-OH is 1. The third-order valence-corrected chi connectivity index (χ3v) is 7.95. The van der Waals surface area contributed by atoms with Crippen LogP contribution in [0.3, 0.4) is 0 Å². The maximum absolute atomic E-state index is 12.9. The largest absolute Gasteiger partial charge is 0.391 e. The van der Waals surface area contributed by atoms with Crippen molar-refractivity contribution in [2.24, 2.45) is 5.41 Å². The number of aliphatic hydroxyl groups is 1. The van der Waals surface area contributed by atoms with E-state index in [4.69, 9.17) is 0 Å². The first-order chi connectivity index (χ1) is 9.69. The van der Waals surface area contributed by atoms with Gasteiger partial charge in [-0.1, -0.05) is 13.8 Å². The van der Waals surface area contributed by atoms with Crippen LogP contribution in [0.2, 0.25) is 0 Å². The summed E-state index contributed by atoms with van der Waals surface area (Å²) in [6, 6.07) is 0.0638. The number of thiophene rings is 1. The van der Waals surface area contributed by atoms with Crippen molar-refractivity contribution in [3.05, 3.63) is 15.8 Å². The summed E-state index contributed by atoms with van der Waals surface area (Å²) in [5, 5.41) is 11.2. The summed E-state index contributed by atoms with van der Waals surface area (Å²) in [5.74, 6) is 0. The van der Waals surface area contributed by atoms with Crippen LogP contribution in [0.15, 0.2) is 10.3 Å². The number of nitrogens with zero attached hydrogens (tertiary/aromatic N) is 1. The van der Waals surface area contributed by atoms with E-state index in [1.165, 1.54) is 15.6 Å². The van der Waals surface area contributed by atoms with E-state index in [1.807, 2.05) is 0 Å². The Bertz CT molecular complexity index is 594. The number of rotatable bonds is 4. The molecule has 6 heteroatoms. The Hall–Kier alpha value is -0.430. The topological polar surface area (TPSA) is 57.6 Å². The fraction of sp³-hybridized carbons (Fsp3) is 0.733. The molecule has 0 aromatic carbocycles. The van der Waals surface area contributed by atoms with E-state index in [0.717, 1.165) is 31.2 Å². The summed E-state index contributed by atoms with van der Waals surface area (Å²) in [6.07, 6.45) is 3.90. The van der Waals surface area contributed by atoms with E-state index >= 15 is 0 Å². The van der Waals surface area contributed by atoms with E-state index in [0.29, 0.717) is 15.2 Å². The second-order valence-corrected chi connectivity index (χ2v) is 9.64. The predicted molar refractivity (Wildman–Crippen MR) is 86.0 cm³/mol. The molecule has 1 aliphatic carbocycles. The second kappa shape index (κ2) is 5.99. The molecule has 1 saturated carbocycles. The van der Waals surface area contributed by atoms with Crippen LogP contribution >= 0.6 is 11.3 Å². The molecule has 0 radical (unpaired) electrons. The highest BCUT2D eigenvalue weighted by Gasteiger charge is 2.35. The van der Waals surface area contributed by atoms with Crippen molar-refractivity contribution in [1.29, 1.82) is 0 Å². The third kappa shape index (κ3) is 3.33. The zero-order valence-corrected chi connectivity index (χ0v) is 14.9. The standard InChI is InChI=1S/C15H25NO3S2/c1-11-10-20-13(9-17)14(11)21(18,19)16(4)12-5-7-15(2,3)8-6-12/h10,12,17H,5-9H2,1-4H3. The molecule has 4 nitrogen and oxygen atoms in total. The van der Waals surface area contributed by atoms with Crippen LogP contribution in [0.4, 0.5) is 0 Å². The van der Waals surface area contributed by atoms with Crippen LogP contribution in [0.25, 0.3) is 0 Å². The lowest BCUT2D eigenvalue weighted by molar-refractivity contribution is 0.174. The molecule has 1 heterocycles. The maximum Gasteiger partial charge on any atom is 0.244 e. The first-order valence-electron chi connectivity index (χ1n) is 7.35. The summed E-state index contributed by atoms with van der Waals surface area (Å²) in [7, 11) is -1.85. The van der Waals surface area contributed by atoms with E-state index in [1.54, 1.807) is 19.4 Å². The summed E-state index contributed by atoms with van der Waals surface area (Å²) in [4.78, 5) is 0.845. The van der Waals surface area contributed by atoms with Gasteiger partial charge in [0.2, 0.25) is 10.0 Å². The molecule has 0 atom stereocenters. The normalized spacial score (nSPS) is 20.1. The minimum atomic E-state index is -3.52. The summed E-state index contributed by atoms with van der Waals surface area (Å²) >= 11 is 1.31. The third-order valence-electron chi connectivity index (χ3n) is 4.59. The molecule has 0 amide bonds. The van der Waals surface area contributed by atoms with Gasteiger partial charge in [-0.15, -0.1) is 11.3 Å². The van der Waals surface area contributed by atoms with Gasteiger partial charge in [-0.2, -0.15) is 4.31 Å². The lowest BCUT2D eigenvalue weighted by Crippen LogP contribution is -2.41. The number of aryl methyl sites for hydroxylation is 1. The molecule has 1 fully saturated rings. The van der Waals surface area contributed by atoms with E-state index in [2.05, 4.69) is 13.8 Å². The van der Waals surface area contributed by atoms with Crippen LogP contribution in [0.5, 0.6) is 0 Å². The lowest BCUT2D eigenvalue weighted by atomic mass is 9.76. The van der Waals surface area contributed by atoms with Gasteiger partial charge in [0.05, 0.1) is 11.5 Å². The van der Waals surface area contributed by atoms with Crippen molar-refractivity contribution in [1.82, 2.24) is 4.31 Å². The van der Waals surface area contributed by atoms with Gasteiger partial charge >= 0.3 is 0 Å². The van der Waals surface area contributed by atoms with Gasteiger partial charge in [-0.25, -0.2) is 8.42 Å². The van der Waals surface area contributed by atoms with Crippen LogP contribution in [-0.4, -0.2) is 30.9 Å². The van der Waals surface area contributed by atoms with Gasteiger partial charge < -0.3 is 5.11 Å².